The molecule has 2 aromatic carbocycles. The second-order valence-electron chi connectivity index (χ2n) is 13.3. The first-order valence-corrected chi connectivity index (χ1v) is 17.8. The van der Waals surface area contributed by atoms with E-state index < -0.39 is 24.3 Å². The number of imidazole rings is 2. The number of amides is 4. The molecule has 4 atom stereocenters. The van der Waals surface area contributed by atoms with Crippen molar-refractivity contribution in [1.82, 2.24) is 50.5 Å². The van der Waals surface area contributed by atoms with E-state index in [9.17, 15) is 19.2 Å². The Morgan fingerprint density at radius 2 is 1.33 bits per heavy atom. The van der Waals surface area contributed by atoms with E-state index in [2.05, 4.69) is 45.4 Å². The molecule has 7 rings (SSSR count). The highest BCUT2D eigenvalue weighted by atomic mass is 16.6. The summed E-state index contributed by atoms with van der Waals surface area (Å²) in [6.45, 7) is 2.72. The Hall–Kier alpha value is -6.52. The highest BCUT2D eigenvalue weighted by molar-refractivity contribution is 5.86. The lowest BCUT2D eigenvalue weighted by Gasteiger charge is -2.27. The first-order valence-electron chi connectivity index (χ1n) is 17.8. The van der Waals surface area contributed by atoms with Crippen molar-refractivity contribution in [1.29, 1.82) is 0 Å². The minimum Gasteiger partial charge on any atom is -0.453 e. The first kappa shape index (κ1) is 35.9. The number of likely N-dealkylation sites (tertiary alicyclic amines) is 2. The number of hydrogen-bond acceptors (Lipinski definition) is 10. The molecule has 5 heterocycles. The molecule has 1 unspecified atom stereocenters. The smallest absolute Gasteiger partial charge is 0.407 e. The summed E-state index contributed by atoms with van der Waals surface area (Å²) in [5.74, 6) is 0.807. The molecule has 6 N–H and O–H groups in total. The van der Waals surface area contributed by atoms with E-state index in [0.717, 1.165) is 52.9 Å². The minimum absolute atomic E-state index is 0.0477. The molecule has 2 saturated heterocycles. The molecular weight excluding hydrogens is 694 g/mol. The van der Waals surface area contributed by atoms with Gasteiger partial charge in [0.05, 0.1) is 54.9 Å². The van der Waals surface area contributed by atoms with E-state index >= 15 is 0 Å². The number of carbonyl (C=O) groups is 4. The molecular formula is C37H41N11O6. The molecule has 3 aromatic heterocycles. The Bertz CT molecular complexity index is 2090. The van der Waals surface area contributed by atoms with Crippen LogP contribution in [0.3, 0.4) is 0 Å². The molecule has 0 saturated carbocycles. The molecule has 17 heteroatoms. The van der Waals surface area contributed by atoms with Gasteiger partial charge in [-0.3, -0.25) is 9.59 Å². The van der Waals surface area contributed by atoms with E-state index in [1.54, 1.807) is 29.1 Å². The quantitative estimate of drug-likeness (QED) is 0.131. The van der Waals surface area contributed by atoms with Crippen molar-refractivity contribution in [3.05, 3.63) is 84.5 Å². The number of nitrogens with zero attached hydrogens (tertiary/aromatic N) is 6. The Morgan fingerprint density at radius 1 is 0.815 bits per heavy atom. The molecule has 2 aliphatic heterocycles. The second-order valence-corrected chi connectivity index (χ2v) is 13.3. The molecule has 0 bridgehead atoms. The summed E-state index contributed by atoms with van der Waals surface area (Å²) in [5, 5.41) is 12.8. The molecule has 17 nitrogen and oxygen atoms in total. The zero-order valence-electron chi connectivity index (χ0n) is 29.8. The van der Waals surface area contributed by atoms with Crippen molar-refractivity contribution in [2.24, 2.45) is 5.73 Å². The topological polar surface area (TPSA) is 230 Å². The number of ether oxygens (including phenoxy) is 2. The predicted octanol–water partition coefficient (Wildman–Crippen LogP) is 4.03. The number of methoxy groups -OCH3 is 1. The summed E-state index contributed by atoms with van der Waals surface area (Å²) < 4.78 is 9.83. The van der Waals surface area contributed by atoms with Gasteiger partial charge in [0.2, 0.25) is 5.91 Å². The van der Waals surface area contributed by atoms with Crippen LogP contribution in [0.5, 0.6) is 0 Å². The number of aromatic amines is 3. The summed E-state index contributed by atoms with van der Waals surface area (Å²) in [4.78, 5) is 69.3. The molecule has 2 aliphatic rings. The van der Waals surface area contributed by atoms with Gasteiger partial charge < -0.3 is 40.3 Å². The van der Waals surface area contributed by atoms with Crippen molar-refractivity contribution in [3.63, 3.8) is 0 Å². The average Bonchev–Trinajstić information content (AvgIpc) is 4.03. The van der Waals surface area contributed by atoms with Crippen LogP contribution in [0.4, 0.5) is 9.59 Å². The summed E-state index contributed by atoms with van der Waals surface area (Å²) in [5.41, 5.74) is 11.4. The fraction of sp³-hybridized carbons (Fsp3) is 0.351. The fourth-order valence-electron chi connectivity index (χ4n) is 7.18. The van der Waals surface area contributed by atoms with Crippen LogP contribution in [0, 0.1) is 0 Å². The molecule has 0 radical (unpaired) electrons. The van der Waals surface area contributed by atoms with Crippen molar-refractivity contribution in [3.8, 4) is 33.6 Å². The van der Waals surface area contributed by atoms with E-state index in [1.165, 1.54) is 13.3 Å². The lowest BCUT2D eigenvalue weighted by molar-refractivity contribution is -0.141. The predicted molar refractivity (Wildman–Crippen MR) is 194 cm³/mol. The minimum atomic E-state index is -1.13. The van der Waals surface area contributed by atoms with Gasteiger partial charge in [-0.15, -0.1) is 0 Å². The van der Waals surface area contributed by atoms with Crippen LogP contribution in [0.15, 0.2) is 67.1 Å². The Labute approximate surface area is 310 Å². The van der Waals surface area contributed by atoms with Crippen LogP contribution in [-0.4, -0.2) is 101 Å². The number of H-pyrrole nitrogens is 3. The van der Waals surface area contributed by atoms with Gasteiger partial charge in [-0.05, 0) is 54.9 Å². The summed E-state index contributed by atoms with van der Waals surface area (Å²) in [6.07, 6.45) is 5.33. The molecule has 5 aromatic rings. The Kier molecular flexibility index (Phi) is 10.4. The summed E-state index contributed by atoms with van der Waals surface area (Å²) >= 11 is 0. The fourth-order valence-corrected chi connectivity index (χ4v) is 7.18. The monoisotopic (exact) mass is 735 g/mol. The van der Waals surface area contributed by atoms with Gasteiger partial charge in [0, 0.05) is 19.5 Å². The van der Waals surface area contributed by atoms with Gasteiger partial charge in [0.1, 0.15) is 17.7 Å². The highest BCUT2D eigenvalue weighted by Crippen LogP contribution is 2.35. The lowest BCUT2D eigenvalue weighted by Crippen LogP contribution is -2.46. The maximum Gasteiger partial charge on any atom is 0.407 e. The van der Waals surface area contributed by atoms with Crippen LogP contribution < -0.4 is 11.1 Å². The molecule has 4 amide bonds. The third-order valence-corrected chi connectivity index (χ3v) is 9.90. The Morgan fingerprint density at radius 3 is 1.81 bits per heavy atom. The van der Waals surface area contributed by atoms with Crippen molar-refractivity contribution >= 4 is 24.0 Å². The zero-order valence-corrected chi connectivity index (χ0v) is 29.8. The number of carbonyl (C=O) groups excluding carboxylic acids is 4. The van der Waals surface area contributed by atoms with E-state index in [0.29, 0.717) is 36.9 Å². The van der Waals surface area contributed by atoms with Gasteiger partial charge in [-0.1, -0.05) is 48.5 Å². The second kappa shape index (κ2) is 15.6. The standard InChI is InChI=1S/C37H41N11O6/c1-21(42-37(52)53-2)34(49)47-15-3-5-29(47)32-39-19-27(43-32)24-11-7-22(8-12-24)23-9-13-25(14-10-23)28-20-40-33(44-28)30-6-4-16-48(30)35(50)31(54-36(38)51)17-26-18-41-46-45-26/h7-14,18-21,29-31H,3-6,15-17H2,1-2H3,(H2,38,51)(H,39,43)(H,40,44)(H,42,52)(H,41,45,46)/t21-,29?,30-,31-/m0/s1. The zero-order chi connectivity index (χ0) is 37.8. The highest BCUT2D eigenvalue weighted by Gasteiger charge is 2.38. The third-order valence-electron chi connectivity index (χ3n) is 9.90. The molecule has 54 heavy (non-hydrogen) atoms. The molecule has 2 fully saturated rings. The van der Waals surface area contributed by atoms with Crippen molar-refractivity contribution < 1.29 is 28.7 Å². The Balaban J connectivity index is 0.994. The number of alkyl carbamates (subject to hydrolysis) is 1. The van der Waals surface area contributed by atoms with Gasteiger partial charge in [0.25, 0.3) is 5.91 Å². The number of benzene rings is 2. The van der Waals surface area contributed by atoms with Gasteiger partial charge in [-0.25, -0.2) is 19.6 Å². The van der Waals surface area contributed by atoms with Crippen LogP contribution in [0.2, 0.25) is 0 Å². The van der Waals surface area contributed by atoms with Crippen LogP contribution >= 0.6 is 0 Å². The van der Waals surface area contributed by atoms with Gasteiger partial charge in [-0.2, -0.15) is 15.4 Å². The molecule has 0 aliphatic carbocycles. The van der Waals surface area contributed by atoms with Gasteiger partial charge >= 0.3 is 12.2 Å². The van der Waals surface area contributed by atoms with E-state index in [4.69, 9.17) is 10.5 Å². The summed E-state index contributed by atoms with van der Waals surface area (Å²) in [6, 6.07) is 15.0. The number of hydrogen-bond donors (Lipinski definition) is 5. The van der Waals surface area contributed by atoms with E-state index in [1.807, 2.05) is 48.5 Å². The largest absolute Gasteiger partial charge is 0.453 e. The lowest BCUT2D eigenvalue weighted by atomic mass is 10.0. The van der Waals surface area contributed by atoms with Crippen LogP contribution in [-0.2, 0) is 25.5 Å². The number of rotatable bonds is 11. The van der Waals surface area contributed by atoms with Crippen molar-refractivity contribution in [2.45, 2.75) is 63.3 Å². The maximum absolute atomic E-state index is 13.5. The molecule has 280 valence electrons. The maximum atomic E-state index is 13.5. The number of primary amides is 1. The SMILES string of the molecule is COC(=O)N[C@@H](C)C(=O)N1CCCC1c1ncc(-c2ccc(-c3ccc(-c4cnc([C@@H]5CCCN5C(=O)[C@H](Cc5cn[nH]n5)OC(N)=O)[nH]4)cc3)cc2)[nH]1. The molecule has 0 spiro atoms. The van der Waals surface area contributed by atoms with E-state index in [-0.39, 0.29) is 30.3 Å². The first-order chi connectivity index (χ1) is 26.2. The normalized spacial score (nSPS) is 18.0. The van der Waals surface area contributed by atoms with Crippen molar-refractivity contribution in [2.75, 3.05) is 20.2 Å². The number of aromatic nitrogens is 7. The average molecular weight is 736 g/mol. The van der Waals surface area contributed by atoms with Gasteiger partial charge in [0.15, 0.2) is 6.10 Å². The number of nitrogens with two attached hydrogens (primary N) is 1. The summed E-state index contributed by atoms with van der Waals surface area (Å²) in [7, 11) is 1.27. The van der Waals surface area contributed by atoms with Crippen LogP contribution in [0.25, 0.3) is 33.6 Å². The van der Waals surface area contributed by atoms with Crippen LogP contribution in [0.1, 0.15) is 62.0 Å². The third kappa shape index (κ3) is 7.65. The number of nitrogens with one attached hydrogen (secondary N) is 4.